The van der Waals surface area contributed by atoms with Gasteiger partial charge in [0.05, 0.1) is 5.75 Å². The molecular formula is C9H18O3S. The van der Waals surface area contributed by atoms with Gasteiger partial charge in [-0.05, 0) is 6.42 Å². The van der Waals surface area contributed by atoms with Crippen molar-refractivity contribution in [3.05, 3.63) is 0 Å². The first kappa shape index (κ1) is 12.8. The number of ether oxygens (including phenoxy) is 1. The lowest BCUT2D eigenvalue weighted by atomic mass is 10.3. The van der Waals surface area contributed by atoms with Crippen LogP contribution in [0.2, 0.25) is 0 Å². The molecule has 4 heteroatoms. The highest BCUT2D eigenvalue weighted by atomic mass is 32.2. The number of hydrogen-bond donors (Lipinski definition) is 0. The number of ketones is 1. The van der Waals surface area contributed by atoms with Crippen molar-refractivity contribution in [1.82, 2.24) is 0 Å². The number of Topliss-reactive ketones (excluding diaryl/α,β-unsaturated/α-hetero) is 1. The molecule has 0 saturated carbocycles. The quantitative estimate of drug-likeness (QED) is 0.559. The van der Waals surface area contributed by atoms with Crippen molar-refractivity contribution in [2.45, 2.75) is 26.2 Å². The molecule has 0 fully saturated rings. The Hall–Kier alpha value is -0.220. The van der Waals surface area contributed by atoms with Crippen molar-refractivity contribution >= 4 is 16.6 Å². The Labute approximate surface area is 82.3 Å². The second kappa shape index (κ2) is 8.38. The van der Waals surface area contributed by atoms with Crippen molar-refractivity contribution in [3.8, 4) is 0 Å². The van der Waals surface area contributed by atoms with Crippen LogP contribution >= 0.6 is 0 Å². The van der Waals surface area contributed by atoms with Gasteiger partial charge in [0.25, 0.3) is 0 Å². The Morgan fingerprint density at radius 3 is 2.62 bits per heavy atom. The molecule has 0 aliphatic carbocycles. The van der Waals surface area contributed by atoms with Crippen LogP contribution in [0.5, 0.6) is 0 Å². The summed E-state index contributed by atoms with van der Waals surface area (Å²) in [7, 11) is 0.488. The molecule has 0 spiro atoms. The van der Waals surface area contributed by atoms with Gasteiger partial charge < -0.3 is 4.74 Å². The van der Waals surface area contributed by atoms with E-state index in [1.165, 1.54) is 7.11 Å². The number of carbonyl (C=O) groups is 1. The van der Waals surface area contributed by atoms with E-state index < -0.39 is 10.8 Å². The molecule has 0 aromatic carbocycles. The van der Waals surface area contributed by atoms with Crippen molar-refractivity contribution in [2.24, 2.45) is 0 Å². The zero-order valence-corrected chi connectivity index (χ0v) is 9.19. The molecule has 0 aromatic rings. The van der Waals surface area contributed by atoms with Crippen molar-refractivity contribution in [3.63, 3.8) is 0 Å². The minimum atomic E-state index is -0.983. The summed E-state index contributed by atoms with van der Waals surface area (Å²) in [6.45, 7) is 2.18. The number of methoxy groups -OCH3 is 1. The first-order valence-corrected chi connectivity index (χ1v) is 6.05. The molecule has 78 valence electrons. The van der Waals surface area contributed by atoms with E-state index in [1.807, 2.05) is 0 Å². The molecule has 0 bridgehead atoms. The zero-order chi connectivity index (χ0) is 10.1. The van der Waals surface area contributed by atoms with Crippen LogP contribution in [0.25, 0.3) is 0 Å². The summed E-state index contributed by atoms with van der Waals surface area (Å²) in [5.41, 5.74) is 0. The van der Waals surface area contributed by atoms with Gasteiger partial charge in [-0.25, -0.2) is 0 Å². The second-order valence-electron chi connectivity index (χ2n) is 2.97. The standard InChI is InChI=1S/C9H18O3S/c1-3-4-5-6-13(11)8-9(10)7-12-2/h3-8H2,1-2H3. The van der Waals surface area contributed by atoms with E-state index in [-0.39, 0.29) is 18.1 Å². The van der Waals surface area contributed by atoms with Crippen LogP contribution in [0.3, 0.4) is 0 Å². The fourth-order valence-corrected chi connectivity index (χ4v) is 2.08. The van der Waals surface area contributed by atoms with Crippen LogP contribution in [-0.2, 0) is 20.3 Å². The maximum Gasteiger partial charge on any atom is 0.170 e. The van der Waals surface area contributed by atoms with Gasteiger partial charge in [-0.15, -0.1) is 0 Å². The van der Waals surface area contributed by atoms with Gasteiger partial charge in [0.2, 0.25) is 0 Å². The highest BCUT2D eigenvalue weighted by molar-refractivity contribution is 7.85. The molecule has 3 nitrogen and oxygen atoms in total. The van der Waals surface area contributed by atoms with Gasteiger partial charge in [-0.1, -0.05) is 19.8 Å². The Morgan fingerprint density at radius 1 is 1.38 bits per heavy atom. The highest BCUT2D eigenvalue weighted by Crippen LogP contribution is 1.96. The zero-order valence-electron chi connectivity index (χ0n) is 8.38. The molecule has 1 atom stereocenters. The number of rotatable bonds is 8. The second-order valence-corrected chi connectivity index (χ2v) is 4.54. The first-order valence-electron chi connectivity index (χ1n) is 4.56. The molecule has 0 rings (SSSR count). The van der Waals surface area contributed by atoms with Gasteiger partial charge in [0.1, 0.15) is 6.61 Å². The average molecular weight is 206 g/mol. The highest BCUT2D eigenvalue weighted by Gasteiger charge is 2.06. The van der Waals surface area contributed by atoms with Crippen LogP contribution in [0.4, 0.5) is 0 Å². The molecule has 0 aliphatic heterocycles. The fraction of sp³-hybridized carbons (Fsp3) is 0.889. The van der Waals surface area contributed by atoms with Crippen LogP contribution in [0.15, 0.2) is 0 Å². The van der Waals surface area contributed by atoms with E-state index in [1.54, 1.807) is 0 Å². The largest absolute Gasteiger partial charge is 0.377 e. The first-order chi connectivity index (χ1) is 6.20. The topological polar surface area (TPSA) is 43.4 Å². The fourth-order valence-electron chi connectivity index (χ4n) is 0.967. The summed E-state index contributed by atoms with van der Waals surface area (Å²) >= 11 is 0. The normalized spacial score (nSPS) is 12.8. The summed E-state index contributed by atoms with van der Waals surface area (Å²) in [6, 6.07) is 0. The minimum absolute atomic E-state index is 0.0719. The molecule has 0 amide bonds. The maximum atomic E-state index is 11.2. The number of hydrogen-bond acceptors (Lipinski definition) is 3. The van der Waals surface area contributed by atoms with Crippen LogP contribution in [0, 0.1) is 0 Å². The average Bonchev–Trinajstić information content (AvgIpc) is 2.05. The van der Waals surface area contributed by atoms with Gasteiger partial charge in [-0.3, -0.25) is 9.00 Å². The van der Waals surface area contributed by atoms with Crippen LogP contribution < -0.4 is 0 Å². The third-order valence-corrected chi connectivity index (χ3v) is 2.99. The maximum absolute atomic E-state index is 11.2. The predicted octanol–water partition coefficient (Wildman–Crippen LogP) is 1.14. The van der Waals surface area contributed by atoms with E-state index in [0.717, 1.165) is 19.3 Å². The van der Waals surface area contributed by atoms with Crippen molar-refractivity contribution in [2.75, 3.05) is 25.2 Å². The van der Waals surface area contributed by atoms with E-state index in [9.17, 15) is 9.00 Å². The monoisotopic (exact) mass is 206 g/mol. The van der Waals surface area contributed by atoms with Crippen LogP contribution in [0.1, 0.15) is 26.2 Å². The summed E-state index contributed by atoms with van der Waals surface area (Å²) in [5, 5.41) is 0. The third-order valence-electron chi connectivity index (χ3n) is 1.60. The lowest BCUT2D eigenvalue weighted by molar-refractivity contribution is -0.120. The van der Waals surface area contributed by atoms with E-state index >= 15 is 0 Å². The Morgan fingerprint density at radius 2 is 2.08 bits per heavy atom. The van der Waals surface area contributed by atoms with E-state index in [2.05, 4.69) is 11.7 Å². The Kier molecular flexibility index (Phi) is 8.24. The van der Waals surface area contributed by atoms with Crippen molar-refractivity contribution < 1.29 is 13.7 Å². The predicted molar refractivity (Wildman–Crippen MR) is 54.3 cm³/mol. The summed E-state index contributed by atoms with van der Waals surface area (Å²) in [6.07, 6.45) is 3.15. The van der Waals surface area contributed by atoms with Gasteiger partial charge in [-0.2, -0.15) is 0 Å². The van der Waals surface area contributed by atoms with Crippen molar-refractivity contribution in [1.29, 1.82) is 0 Å². The third kappa shape index (κ3) is 8.12. The number of unbranched alkanes of at least 4 members (excludes halogenated alkanes) is 2. The molecule has 0 aromatic heterocycles. The summed E-state index contributed by atoms with van der Waals surface area (Å²) < 4.78 is 15.9. The molecule has 13 heavy (non-hydrogen) atoms. The summed E-state index contributed by atoms with van der Waals surface area (Å²) in [5.74, 6) is 0.721. The number of carbonyl (C=O) groups excluding carboxylic acids is 1. The van der Waals surface area contributed by atoms with Gasteiger partial charge in [0, 0.05) is 23.7 Å². The van der Waals surface area contributed by atoms with Gasteiger partial charge in [0.15, 0.2) is 5.78 Å². The lowest BCUT2D eigenvalue weighted by Crippen LogP contribution is -2.17. The van der Waals surface area contributed by atoms with Gasteiger partial charge >= 0.3 is 0 Å². The smallest absolute Gasteiger partial charge is 0.170 e. The van der Waals surface area contributed by atoms with E-state index in [4.69, 9.17) is 0 Å². The molecule has 1 unspecified atom stereocenters. The molecule has 0 N–H and O–H groups in total. The lowest BCUT2D eigenvalue weighted by Gasteiger charge is -2.00. The van der Waals surface area contributed by atoms with E-state index in [0.29, 0.717) is 5.75 Å². The minimum Gasteiger partial charge on any atom is -0.377 e. The Balaban J connectivity index is 3.44. The molecule has 0 saturated heterocycles. The molecule has 0 heterocycles. The SMILES string of the molecule is CCCCCS(=O)CC(=O)COC. The summed E-state index contributed by atoms with van der Waals surface area (Å²) in [4.78, 5) is 11.0. The molecular weight excluding hydrogens is 188 g/mol. The van der Waals surface area contributed by atoms with Crippen LogP contribution in [-0.4, -0.2) is 35.2 Å². The molecule has 0 aliphatic rings. The Bertz CT molecular complexity index is 168. The molecule has 0 radical (unpaired) electrons.